The van der Waals surface area contributed by atoms with Crippen molar-refractivity contribution in [2.75, 3.05) is 0 Å². The summed E-state index contributed by atoms with van der Waals surface area (Å²) in [6, 6.07) is 0. The third kappa shape index (κ3) is 2.96. The van der Waals surface area contributed by atoms with Crippen molar-refractivity contribution in [1.82, 2.24) is 9.78 Å². The molecule has 1 aliphatic carbocycles. The van der Waals surface area contributed by atoms with Gasteiger partial charge in [-0.3, -0.25) is 4.68 Å². The van der Waals surface area contributed by atoms with Crippen LogP contribution in [0.2, 0.25) is 0 Å². The van der Waals surface area contributed by atoms with Gasteiger partial charge in [0.15, 0.2) is 0 Å². The first-order valence-corrected chi connectivity index (χ1v) is 6.12. The fourth-order valence-electron chi connectivity index (χ4n) is 1.72. The molecule has 0 unspecified atom stereocenters. The van der Waals surface area contributed by atoms with Crippen LogP contribution in [-0.4, -0.2) is 9.78 Å². The van der Waals surface area contributed by atoms with Gasteiger partial charge in [0, 0.05) is 12.2 Å². The Morgan fingerprint density at radius 1 is 1.41 bits per heavy atom. The molecule has 2 rings (SSSR count). The van der Waals surface area contributed by atoms with Crippen LogP contribution in [0.5, 0.6) is 0 Å². The van der Waals surface area contributed by atoms with Gasteiger partial charge in [0.25, 0.3) is 0 Å². The van der Waals surface area contributed by atoms with Gasteiger partial charge in [0.1, 0.15) is 0 Å². The van der Waals surface area contributed by atoms with Crippen molar-refractivity contribution in [1.29, 1.82) is 0 Å². The molecule has 0 bridgehead atoms. The summed E-state index contributed by atoms with van der Waals surface area (Å²) < 4.78 is 15.2. The molecule has 3 nitrogen and oxygen atoms in total. The van der Waals surface area contributed by atoms with Gasteiger partial charge in [-0.2, -0.15) is 4.39 Å². The number of hydrogen-bond donors (Lipinski definition) is 1. The SMILES string of the molecule is CC.CCCn1nc(F)c2c1=CCC=C(N)C=2. The zero-order chi connectivity index (χ0) is 12.8. The highest BCUT2D eigenvalue weighted by atomic mass is 19.1. The number of nitrogens with two attached hydrogens (primary N) is 1. The van der Waals surface area contributed by atoms with Crippen LogP contribution in [0.4, 0.5) is 4.39 Å². The van der Waals surface area contributed by atoms with Crippen molar-refractivity contribution in [3.8, 4) is 0 Å². The number of halogens is 1. The van der Waals surface area contributed by atoms with E-state index in [4.69, 9.17) is 5.73 Å². The molecule has 4 heteroatoms. The first kappa shape index (κ1) is 13.5. The van der Waals surface area contributed by atoms with Gasteiger partial charge in [-0.1, -0.05) is 32.9 Å². The number of hydrogen-bond acceptors (Lipinski definition) is 2. The van der Waals surface area contributed by atoms with Gasteiger partial charge in [-0.15, -0.1) is 5.10 Å². The molecule has 0 atom stereocenters. The van der Waals surface area contributed by atoms with Crippen molar-refractivity contribution in [2.24, 2.45) is 5.73 Å². The Bertz CT molecular complexity index is 512. The summed E-state index contributed by atoms with van der Waals surface area (Å²) in [4.78, 5) is 0. The summed E-state index contributed by atoms with van der Waals surface area (Å²) in [5, 5.41) is 5.21. The second-order valence-electron chi connectivity index (χ2n) is 3.60. The van der Waals surface area contributed by atoms with Crippen molar-refractivity contribution in [3.05, 3.63) is 28.3 Å². The van der Waals surface area contributed by atoms with Crippen LogP contribution in [0.3, 0.4) is 0 Å². The molecule has 0 radical (unpaired) electrons. The summed E-state index contributed by atoms with van der Waals surface area (Å²) in [5.74, 6) is -0.437. The second-order valence-corrected chi connectivity index (χ2v) is 3.60. The second kappa shape index (κ2) is 6.23. The number of aromatic nitrogens is 2. The van der Waals surface area contributed by atoms with Crippen LogP contribution in [0.1, 0.15) is 33.6 Å². The maximum absolute atomic E-state index is 13.5. The maximum atomic E-state index is 13.5. The Kier molecular flexibility index (Phi) is 4.94. The lowest BCUT2D eigenvalue weighted by molar-refractivity contribution is 0.511. The summed E-state index contributed by atoms with van der Waals surface area (Å²) in [7, 11) is 0. The highest BCUT2D eigenvalue weighted by Gasteiger charge is 2.07. The molecule has 17 heavy (non-hydrogen) atoms. The van der Waals surface area contributed by atoms with Crippen LogP contribution in [0, 0.1) is 5.95 Å². The summed E-state index contributed by atoms with van der Waals surface area (Å²) in [6.07, 6.45) is 7.13. The molecule has 1 aliphatic rings. The lowest BCUT2D eigenvalue weighted by Gasteiger charge is -1.96. The van der Waals surface area contributed by atoms with E-state index < -0.39 is 5.95 Å². The summed E-state index contributed by atoms with van der Waals surface area (Å²) in [6.45, 7) is 6.77. The van der Waals surface area contributed by atoms with Gasteiger partial charge >= 0.3 is 0 Å². The van der Waals surface area contributed by atoms with Crippen LogP contribution < -0.4 is 16.3 Å². The predicted molar refractivity (Wildman–Crippen MR) is 68.9 cm³/mol. The zero-order valence-electron chi connectivity index (χ0n) is 10.7. The highest BCUT2D eigenvalue weighted by molar-refractivity contribution is 5.48. The molecule has 0 spiro atoms. The van der Waals surface area contributed by atoms with E-state index in [0.717, 1.165) is 24.7 Å². The van der Waals surface area contributed by atoms with E-state index in [1.54, 1.807) is 10.8 Å². The van der Waals surface area contributed by atoms with E-state index in [-0.39, 0.29) is 0 Å². The minimum Gasteiger partial charge on any atom is -0.399 e. The fraction of sp³-hybridized carbons (Fsp3) is 0.462. The number of allylic oxidation sites excluding steroid dienone is 2. The van der Waals surface area contributed by atoms with Gasteiger partial charge in [0.05, 0.1) is 10.6 Å². The lowest BCUT2D eigenvalue weighted by Crippen LogP contribution is -2.30. The topological polar surface area (TPSA) is 43.8 Å². The monoisotopic (exact) mass is 237 g/mol. The quantitative estimate of drug-likeness (QED) is 0.841. The van der Waals surface area contributed by atoms with Crippen molar-refractivity contribution in [3.63, 3.8) is 0 Å². The minimum atomic E-state index is -0.437. The predicted octanol–water partition coefficient (Wildman–Crippen LogP) is 1.27. The normalized spacial score (nSPS) is 13.3. The fourth-order valence-corrected chi connectivity index (χ4v) is 1.72. The van der Waals surface area contributed by atoms with Crippen LogP contribution >= 0.6 is 0 Å². The van der Waals surface area contributed by atoms with Crippen LogP contribution in [0.15, 0.2) is 11.8 Å². The van der Waals surface area contributed by atoms with E-state index in [0.29, 0.717) is 10.9 Å². The average Bonchev–Trinajstić information content (AvgIpc) is 2.52. The van der Waals surface area contributed by atoms with Gasteiger partial charge in [-0.05, 0) is 18.9 Å². The molecule has 0 saturated carbocycles. The average molecular weight is 237 g/mol. The molecular weight excluding hydrogens is 217 g/mol. The van der Waals surface area contributed by atoms with Gasteiger partial charge in [0.2, 0.25) is 5.95 Å². The first-order valence-electron chi connectivity index (χ1n) is 6.12. The molecule has 0 aliphatic heterocycles. The Morgan fingerprint density at radius 2 is 2.12 bits per heavy atom. The molecule has 2 N–H and O–H groups in total. The summed E-state index contributed by atoms with van der Waals surface area (Å²) in [5.41, 5.74) is 6.28. The molecule has 0 amide bonds. The smallest absolute Gasteiger partial charge is 0.240 e. The van der Waals surface area contributed by atoms with E-state index in [1.165, 1.54) is 0 Å². The van der Waals surface area contributed by atoms with Gasteiger partial charge in [-0.25, -0.2) is 0 Å². The summed E-state index contributed by atoms with van der Waals surface area (Å²) >= 11 is 0. The molecule has 0 aromatic carbocycles. The molecule has 1 aromatic heterocycles. The largest absolute Gasteiger partial charge is 0.399 e. The van der Waals surface area contributed by atoms with Gasteiger partial charge < -0.3 is 5.73 Å². The van der Waals surface area contributed by atoms with E-state index in [1.807, 2.05) is 32.9 Å². The van der Waals surface area contributed by atoms with E-state index in [9.17, 15) is 4.39 Å². The van der Waals surface area contributed by atoms with E-state index >= 15 is 0 Å². The minimum absolute atomic E-state index is 0.437. The molecule has 0 fully saturated rings. The Morgan fingerprint density at radius 3 is 2.76 bits per heavy atom. The Labute approximate surface area is 101 Å². The molecular formula is C13H20FN3. The van der Waals surface area contributed by atoms with Crippen molar-refractivity contribution < 1.29 is 4.39 Å². The Balaban J connectivity index is 0.000000686. The van der Waals surface area contributed by atoms with Crippen LogP contribution in [-0.2, 0) is 6.54 Å². The van der Waals surface area contributed by atoms with Crippen molar-refractivity contribution >= 4 is 12.2 Å². The standard InChI is InChI=1S/C11H14FN3.C2H6/c1-2-6-15-10-5-3-4-8(13)7-9(10)11(12)14-15;1-2/h4-5,7H,2-3,6,13H2,1H3;1-2H3. The van der Waals surface area contributed by atoms with Crippen LogP contribution in [0.25, 0.3) is 12.2 Å². The zero-order valence-corrected chi connectivity index (χ0v) is 10.7. The molecule has 1 heterocycles. The third-order valence-electron chi connectivity index (χ3n) is 2.40. The van der Waals surface area contributed by atoms with Crippen molar-refractivity contribution in [2.45, 2.75) is 40.2 Å². The number of nitrogens with zero attached hydrogens (tertiary/aromatic N) is 2. The lowest BCUT2D eigenvalue weighted by atomic mass is 10.3. The highest BCUT2D eigenvalue weighted by Crippen LogP contribution is 1.96. The Hall–Kier alpha value is -1.58. The molecule has 94 valence electrons. The molecule has 1 aromatic rings. The number of fused-ring (bicyclic) bond motifs is 1. The first-order chi connectivity index (χ1) is 8.22. The third-order valence-corrected chi connectivity index (χ3v) is 2.40. The maximum Gasteiger partial charge on any atom is 0.240 e. The number of rotatable bonds is 2. The van der Waals surface area contributed by atoms with E-state index in [2.05, 4.69) is 5.10 Å². The molecule has 0 saturated heterocycles. The number of aryl methyl sites for hydroxylation is 1.